The molecule has 4 nitrogen and oxygen atoms in total. The molecule has 20 heavy (non-hydrogen) atoms. The lowest BCUT2D eigenvalue weighted by atomic mass is 10.0. The van der Waals surface area contributed by atoms with Gasteiger partial charge in [-0.2, -0.15) is 0 Å². The number of carbonyl (C=O) groups is 1. The summed E-state index contributed by atoms with van der Waals surface area (Å²) >= 11 is 0. The van der Waals surface area contributed by atoms with E-state index < -0.39 is 0 Å². The Labute approximate surface area is 116 Å². The van der Waals surface area contributed by atoms with Gasteiger partial charge in [0.15, 0.2) is 5.78 Å². The van der Waals surface area contributed by atoms with Gasteiger partial charge in [-0.25, -0.2) is 4.98 Å². The number of fused-ring (bicyclic) bond motifs is 1. The molecule has 1 N–H and O–H groups in total. The van der Waals surface area contributed by atoms with Crippen LogP contribution in [0.5, 0.6) is 0 Å². The third-order valence-electron chi connectivity index (χ3n) is 3.18. The smallest absolute Gasteiger partial charge is 0.186 e. The number of rotatable bonds is 3. The zero-order chi connectivity index (χ0) is 13.9. The zero-order valence-electron chi connectivity index (χ0n) is 11.0. The van der Waals surface area contributed by atoms with Crippen molar-refractivity contribution in [2.45, 2.75) is 6.92 Å². The van der Waals surface area contributed by atoms with E-state index >= 15 is 0 Å². The van der Waals surface area contributed by atoms with E-state index in [1.54, 1.807) is 30.7 Å². The van der Waals surface area contributed by atoms with Crippen molar-refractivity contribution in [3.05, 3.63) is 65.9 Å². The van der Waals surface area contributed by atoms with Crippen molar-refractivity contribution in [3.63, 3.8) is 0 Å². The molecule has 3 aromatic rings. The Bertz CT molecular complexity index is 797. The first kappa shape index (κ1) is 12.3. The maximum atomic E-state index is 12.3. The molecule has 0 unspecified atom stereocenters. The number of ketones is 1. The number of H-pyrrole nitrogens is 1. The lowest BCUT2D eigenvalue weighted by Gasteiger charge is -2.01. The largest absolute Gasteiger partial charge is 0.348 e. The standard InChI is InChI=1S/C16H13N3O/c1-11-14(19-10-18-11)6-7-16(20)13-8-9-17-15-5-3-2-4-12(13)15/h2-10H,1H3,(H,18,19)/b7-6+. The highest BCUT2D eigenvalue weighted by molar-refractivity contribution is 6.14. The summed E-state index contributed by atoms with van der Waals surface area (Å²) in [4.78, 5) is 23.7. The fraction of sp³-hybridized carbons (Fsp3) is 0.0625. The predicted octanol–water partition coefficient (Wildman–Crippen LogP) is 3.16. The fourth-order valence-electron chi connectivity index (χ4n) is 2.09. The van der Waals surface area contributed by atoms with Gasteiger partial charge in [0.05, 0.1) is 17.5 Å². The number of hydrogen-bond acceptors (Lipinski definition) is 3. The van der Waals surface area contributed by atoms with Gasteiger partial charge in [0.25, 0.3) is 0 Å². The number of aromatic nitrogens is 3. The average molecular weight is 263 g/mol. The minimum Gasteiger partial charge on any atom is -0.348 e. The number of imidazole rings is 1. The van der Waals surface area contributed by atoms with Gasteiger partial charge in [0.1, 0.15) is 0 Å². The van der Waals surface area contributed by atoms with Crippen molar-refractivity contribution in [1.29, 1.82) is 0 Å². The second kappa shape index (κ2) is 5.09. The van der Waals surface area contributed by atoms with E-state index in [9.17, 15) is 4.79 Å². The minimum absolute atomic E-state index is 0.0500. The summed E-state index contributed by atoms with van der Waals surface area (Å²) in [6, 6.07) is 9.36. The second-order valence-electron chi connectivity index (χ2n) is 4.49. The van der Waals surface area contributed by atoms with Crippen molar-refractivity contribution >= 4 is 22.8 Å². The molecule has 98 valence electrons. The molecule has 0 aliphatic heterocycles. The molecule has 3 rings (SSSR count). The molecular weight excluding hydrogens is 250 g/mol. The molecule has 0 aliphatic carbocycles. The molecule has 2 heterocycles. The summed E-state index contributed by atoms with van der Waals surface area (Å²) in [7, 11) is 0. The van der Waals surface area contributed by atoms with Crippen LogP contribution in [0, 0.1) is 6.92 Å². The van der Waals surface area contributed by atoms with Crippen LogP contribution in [0.25, 0.3) is 17.0 Å². The van der Waals surface area contributed by atoms with Crippen LogP contribution in [-0.2, 0) is 0 Å². The van der Waals surface area contributed by atoms with Gasteiger partial charge in [-0.15, -0.1) is 0 Å². The van der Waals surface area contributed by atoms with E-state index in [0.29, 0.717) is 5.56 Å². The van der Waals surface area contributed by atoms with E-state index in [-0.39, 0.29) is 5.78 Å². The highest BCUT2D eigenvalue weighted by Crippen LogP contribution is 2.17. The number of nitrogens with one attached hydrogen (secondary N) is 1. The SMILES string of the molecule is Cc1[nH]cnc1/C=C/C(=O)c1ccnc2ccccc12. The van der Waals surface area contributed by atoms with Crippen LogP contribution in [0.15, 0.2) is 48.9 Å². The molecule has 0 bridgehead atoms. The summed E-state index contributed by atoms with van der Waals surface area (Å²) in [5.74, 6) is -0.0500. The quantitative estimate of drug-likeness (QED) is 0.583. The number of aryl methyl sites for hydroxylation is 1. The van der Waals surface area contributed by atoms with Crippen molar-refractivity contribution in [2.75, 3.05) is 0 Å². The third kappa shape index (κ3) is 2.23. The highest BCUT2D eigenvalue weighted by atomic mass is 16.1. The first-order chi connectivity index (χ1) is 9.75. The molecule has 0 radical (unpaired) electrons. The molecule has 2 aromatic heterocycles. The van der Waals surface area contributed by atoms with Crippen molar-refractivity contribution in [1.82, 2.24) is 15.0 Å². The Kier molecular flexibility index (Phi) is 3.13. The van der Waals surface area contributed by atoms with Crippen LogP contribution in [-0.4, -0.2) is 20.7 Å². The van der Waals surface area contributed by atoms with Gasteiger partial charge in [0, 0.05) is 22.8 Å². The van der Waals surface area contributed by atoms with Crippen molar-refractivity contribution in [2.24, 2.45) is 0 Å². The summed E-state index contributed by atoms with van der Waals surface area (Å²) in [6.45, 7) is 1.92. The van der Waals surface area contributed by atoms with Gasteiger partial charge in [0.2, 0.25) is 0 Å². The topological polar surface area (TPSA) is 58.6 Å². The second-order valence-corrected chi connectivity index (χ2v) is 4.49. The first-order valence-electron chi connectivity index (χ1n) is 6.32. The van der Waals surface area contributed by atoms with Crippen LogP contribution in [0.2, 0.25) is 0 Å². The fourth-order valence-corrected chi connectivity index (χ4v) is 2.09. The Morgan fingerprint density at radius 2 is 2.05 bits per heavy atom. The number of allylic oxidation sites excluding steroid dienone is 1. The molecule has 0 saturated carbocycles. The molecule has 0 fully saturated rings. The number of aromatic amines is 1. The van der Waals surface area contributed by atoms with E-state index in [0.717, 1.165) is 22.3 Å². The number of benzene rings is 1. The Hall–Kier alpha value is -2.75. The van der Waals surface area contributed by atoms with Crippen molar-refractivity contribution in [3.8, 4) is 0 Å². The number of carbonyl (C=O) groups excluding carboxylic acids is 1. The highest BCUT2D eigenvalue weighted by Gasteiger charge is 2.07. The molecule has 0 spiro atoms. The Morgan fingerprint density at radius 1 is 1.20 bits per heavy atom. The van der Waals surface area contributed by atoms with Crippen LogP contribution >= 0.6 is 0 Å². The van der Waals surface area contributed by atoms with Crippen LogP contribution < -0.4 is 0 Å². The van der Waals surface area contributed by atoms with E-state index in [1.165, 1.54) is 0 Å². The maximum Gasteiger partial charge on any atom is 0.186 e. The molecule has 0 saturated heterocycles. The molecule has 1 aromatic carbocycles. The average Bonchev–Trinajstić information content (AvgIpc) is 2.89. The van der Waals surface area contributed by atoms with Crippen LogP contribution in [0.1, 0.15) is 21.7 Å². The van der Waals surface area contributed by atoms with Crippen LogP contribution in [0.3, 0.4) is 0 Å². The monoisotopic (exact) mass is 263 g/mol. The predicted molar refractivity (Wildman–Crippen MR) is 78.4 cm³/mol. The summed E-state index contributed by atoms with van der Waals surface area (Å²) in [6.07, 6.45) is 6.54. The summed E-state index contributed by atoms with van der Waals surface area (Å²) in [5.41, 5.74) is 3.19. The van der Waals surface area contributed by atoms with Gasteiger partial charge >= 0.3 is 0 Å². The molecular formula is C16H13N3O. The minimum atomic E-state index is -0.0500. The van der Waals surface area contributed by atoms with Gasteiger partial charge in [-0.3, -0.25) is 9.78 Å². The summed E-state index contributed by atoms with van der Waals surface area (Å²) in [5, 5.41) is 0.864. The lowest BCUT2D eigenvalue weighted by Crippen LogP contribution is -1.96. The number of nitrogens with zero attached hydrogens (tertiary/aromatic N) is 2. The molecule has 0 atom stereocenters. The zero-order valence-corrected chi connectivity index (χ0v) is 11.0. The lowest BCUT2D eigenvalue weighted by molar-refractivity contribution is 0.104. The van der Waals surface area contributed by atoms with E-state index in [4.69, 9.17) is 0 Å². The molecule has 0 aliphatic rings. The molecule has 0 amide bonds. The number of pyridine rings is 1. The van der Waals surface area contributed by atoms with Gasteiger partial charge in [-0.05, 0) is 31.2 Å². The Balaban J connectivity index is 1.97. The van der Waals surface area contributed by atoms with Crippen molar-refractivity contribution < 1.29 is 4.79 Å². The molecule has 4 heteroatoms. The van der Waals surface area contributed by atoms with Gasteiger partial charge < -0.3 is 4.98 Å². The third-order valence-corrected chi connectivity index (χ3v) is 3.18. The first-order valence-corrected chi connectivity index (χ1v) is 6.32. The summed E-state index contributed by atoms with van der Waals surface area (Å²) < 4.78 is 0. The van der Waals surface area contributed by atoms with E-state index in [1.807, 2.05) is 31.2 Å². The Morgan fingerprint density at radius 3 is 2.85 bits per heavy atom. The number of hydrogen-bond donors (Lipinski definition) is 1. The van der Waals surface area contributed by atoms with E-state index in [2.05, 4.69) is 15.0 Å². The van der Waals surface area contributed by atoms with Crippen LogP contribution in [0.4, 0.5) is 0 Å². The van der Waals surface area contributed by atoms with Gasteiger partial charge in [-0.1, -0.05) is 18.2 Å². The maximum absolute atomic E-state index is 12.3. The number of para-hydroxylation sites is 1. The normalized spacial score (nSPS) is 11.2.